The van der Waals surface area contributed by atoms with Crippen LogP contribution in [0, 0.1) is 6.92 Å². The normalized spacial score (nSPS) is 15.2. The van der Waals surface area contributed by atoms with E-state index in [1.165, 1.54) is 5.69 Å². The van der Waals surface area contributed by atoms with Crippen molar-refractivity contribution in [2.24, 2.45) is 0 Å². The second-order valence-electron chi connectivity index (χ2n) is 7.00. The highest BCUT2D eigenvalue weighted by molar-refractivity contribution is 7.07. The average molecular weight is 380 g/mol. The van der Waals surface area contributed by atoms with Crippen LogP contribution in [0.15, 0.2) is 47.3 Å². The third-order valence-corrected chi connectivity index (χ3v) is 5.62. The SMILES string of the molecule is Cc1cc(N2CCC(NCCc3cscn3)CC2)nc(-c2ccccc2)n1. The second-order valence-corrected chi connectivity index (χ2v) is 7.72. The van der Waals surface area contributed by atoms with Crippen molar-refractivity contribution < 1.29 is 0 Å². The topological polar surface area (TPSA) is 53.9 Å². The zero-order valence-corrected chi connectivity index (χ0v) is 16.5. The summed E-state index contributed by atoms with van der Waals surface area (Å²) in [5, 5.41) is 5.82. The van der Waals surface area contributed by atoms with Crippen LogP contribution in [0.25, 0.3) is 11.4 Å². The van der Waals surface area contributed by atoms with Gasteiger partial charge >= 0.3 is 0 Å². The average Bonchev–Trinajstić information content (AvgIpc) is 3.22. The zero-order chi connectivity index (χ0) is 18.5. The standard InChI is InChI=1S/C21H25N5S/c1-16-13-20(25-21(24-16)17-5-3-2-4-6-17)26-11-8-18(9-12-26)22-10-7-19-14-27-15-23-19/h2-6,13-15,18,22H,7-12H2,1H3. The lowest BCUT2D eigenvalue weighted by molar-refractivity contribution is 0.416. The summed E-state index contributed by atoms with van der Waals surface area (Å²) in [5.74, 6) is 1.86. The van der Waals surface area contributed by atoms with Crippen LogP contribution in [0.1, 0.15) is 24.2 Å². The van der Waals surface area contributed by atoms with Crippen molar-refractivity contribution in [3.05, 3.63) is 58.7 Å². The van der Waals surface area contributed by atoms with Crippen molar-refractivity contribution in [2.75, 3.05) is 24.5 Å². The molecule has 3 heterocycles. The molecular formula is C21H25N5S. The van der Waals surface area contributed by atoms with Crippen LogP contribution >= 0.6 is 11.3 Å². The maximum Gasteiger partial charge on any atom is 0.161 e. The van der Waals surface area contributed by atoms with Crippen LogP contribution in [0.5, 0.6) is 0 Å². The van der Waals surface area contributed by atoms with E-state index in [0.717, 1.165) is 61.8 Å². The molecule has 2 aromatic heterocycles. The molecule has 1 saturated heterocycles. The number of hydrogen-bond donors (Lipinski definition) is 1. The highest BCUT2D eigenvalue weighted by atomic mass is 32.1. The predicted molar refractivity (Wildman–Crippen MR) is 111 cm³/mol. The number of aryl methyl sites for hydroxylation is 1. The number of benzene rings is 1. The highest BCUT2D eigenvalue weighted by Crippen LogP contribution is 2.22. The summed E-state index contributed by atoms with van der Waals surface area (Å²) >= 11 is 1.67. The largest absolute Gasteiger partial charge is 0.356 e. The third-order valence-electron chi connectivity index (χ3n) is 4.99. The molecule has 0 bridgehead atoms. The molecule has 6 heteroatoms. The van der Waals surface area contributed by atoms with Crippen molar-refractivity contribution in [1.29, 1.82) is 0 Å². The number of nitrogens with zero attached hydrogens (tertiary/aromatic N) is 4. The smallest absolute Gasteiger partial charge is 0.161 e. The van der Waals surface area contributed by atoms with Crippen LogP contribution in [0.3, 0.4) is 0 Å². The Morgan fingerprint density at radius 3 is 2.70 bits per heavy atom. The van der Waals surface area contributed by atoms with Crippen LogP contribution < -0.4 is 10.2 Å². The summed E-state index contributed by atoms with van der Waals surface area (Å²) in [6.45, 7) is 5.10. The Kier molecular flexibility index (Phi) is 5.75. The van der Waals surface area contributed by atoms with Crippen molar-refractivity contribution in [3.8, 4) is 11.4 Å². The molecule has 1 N–H and O–H groups in total. The summed E-state index contributed by atoms with van der Waals surface area (Å²) in [7, 11) is 0. The number of hydrogen-bond acceptors (Lipinski definition) is 6. The third kappa shape index (κ3) is 4.70. The molecule has 0 atom stereocenters. The summed E-state index contributed by atoms with van der Waals surface area (Å²) in [4.78, 5) is 16.2. The molecule has 1 aromatic carbocycles. The molecule has 0 radical (unpaired) electrons. The van der Waals surface area contributed by atoms with Crippen molar-refractivity contribution in [3.63, 3.8) is 0 Å². The maximum atomic E-state index is 4.84. The van der Waals surface area contributed by atoms with Gasteiger partial charge in [0.25, 0.3) is 0 Å². The molecule has 0 amide bonds. The number of nitrogens with one attached hydrogen (secondary N) is 1. The Morgan fingerprint density at radius 2 is 1.96 bits per heavy atom. The number of thiazole rings is 1. The Bertz CT molecular complexity index is 842. The first-order valence-electron chi connectivity index (χ1n) is 9.54. The van der Waals surface area contributed by atoms with Crippen molar-refractivity contribution >= 4 is 17.2 Å². The molecule has 3 aromatic rings. The lowest BCUT2D eigenvalue weighted by Crippen LogP contribution is -2.43. The van der Waals surface area contributed by atoms with E-state index in [1.807, 2.05) is 30.6 Å². The van der Waals surface area contributed by atoms with Gasteiger partial charge in [0.15, 0.2) is 5.82 Å². The lowest BCUT2D eigenvalue weighted by Gasteiger charge is -2.33. The molecule has 0 spiro atoms. The minimum atomic E-state index is 0.580. The Morgan fingerprint density at radius 1 is 1.15 bits per heavy atom. The summed E-state index contributed by atoms with van der Waals surface area (Å²) in [6.07, 6.45) is 3.29. The quantitative estimate of drug-likeness (QED) is 0.708. The summed E-state index contributed by atoms with van der Waals surface area (Å²) in [6, 6.07) is 12.9. The van der Waals surface area contributed by atoms with Crippen LogP contribution in [0.4, 0.5) is 5.82 Å². The van der Waals surface area contributed by atoms with Gasteiger partial charge in [0.05, 0.1) is 11.2 Å². The first-order chi connectivity index (χ1) is 13.3. The highest BCUT2D eigenvalue weighted by Gasteiger charge is 2.20. The van der Waals surface area contributed by atoms with Crippen LogP contribution in [-0.4, -0.2) is 40.6 Å². The van der Waals surface area contributed by atoms with Gasteiger partial charge in [-0.3, -0.25) is 0 Å². The Labute approximate surface area is 164 Å². The van der Waals surface area contributed by atoms with Gasteiger partial charge in [-0.25, -0.2) is 15.0 Å². The van der Waals surface area contributed by atoms with Gasteiger partial charge < -0.3 is 10.2 Å². The number of aromatic nitrogens is 3. The monoisotopic (exact) mass is 379 g/mol. The minimum absolute atomic E-state index is 0.580. The van der Waals surface area contributed by atoms with Crippen molar-refractivity contribution in [1.82, 2.24) is 20.3 Å². The van der Waals surface area contributed by atoms with E-state index in [9.17, 15) is 0 Å². The lowest BCUT2D eigenvalue weighted by atomic mass is 10.0. The van der Waals surface area contributed by atoms with Gasteiger partial charge in [-0.1, -0.05) is 30.3 Å². The molecule has 0 saturated carbocycles. The van der Waals surface area contributed by atoms with Gasteiger partial charge in [-0.15, -0.1) is 11.3 Å². The number of rotatable bonds is 6. The van der Waals surface area contributed by atoms with Gasteiger partial charge in [-0.05, 0) is 19.8 Å². The number of anilines is 1. The zero-order valence-electron chi connectivity index (χ0n) is 15.6. The molecule has 1 aliphatic rings. The van der Waals surface area contributed by atoms with Crippen LogP contribution in [0.2, 0.25) is 0 Å². The van der Waals surface area contributed by atoms with E-state index in [1.54, 1.807) is 11.3 Å². The fraction of sp³-hybridized carbons (Fsp3) is 0.381. The molecule has 0 unspecified atom stereocenters. The second kappa shape index (κ2) is 8.59. The van der Waals surface area contributed by atoms with Gasteiger partial charge in [0.2, 0.25) is 0 Å². The first kappa shape index (κ1) is 18.1. The van der Waals surface area contributed by atoms with E-state index >= 15 is 0 Å². The molecule has 1 fully saturated rings. The van der Waals surface area contributed by atoms with E-state index in [2.05, 4.69) is 43.8 Å². The minimum Gasteiger partial charge on any atom is -0.356 e. The Balaban J connectivity index is 1.34. The molecule has 140 valence electrons. The van der Waals surface area contributed by atoms with E-state index < -0.39 is 0 Å². The summed E-state index contributed by atoms with van der Waals surface area (Å²) < 4.78 is 0. The van der Waals surface area contributed by atoms with E-state index in [-0.39, 0.29) is 0 Å². The van der Waals surface area contributed by atoms with Gasteiger partial charge in [0.1, 0.15) is 5.82 Å². The Hall–Kier alpha value is -2.31. The summed E-state index contributed by atoms with van der Waals surface area (Å²) in [5.41, 5.74) is 5.18. The molecule has 4 rings (SSSR count). The molecule has 0 aliphatic carbocycles. The fourth-order valence-corrected chi connectivity index (χ4v) is 4.10. The predicted octanol–water partition coefficient (Wildman–Crippen LogP) is 3.71. The molecular weight excluding hydrogens is 354 g/mol. The first-order valence-corrected chi connectivity index (χ1v) is 10.5. The van der Waals surface area contributed by atoms with Gasteiger partial charge in [0, 0.05) is 54.8 Å². The fourth-order valence-electron chi connectivity index (χ4n) is 3.51. The van der Waals surface area contributed by atoms with E-state index in [0.29, 0.717) is 6.04 Å². The van der Waals surface area contributed by atoms with Crippen LogP contribution in [-0.2, 0) is 6.42 Å². The number of piperidine rings is 1. The molecule has 5 nitrogen and oxygen atoms in total. The molecule has 1 aliphatic heterocycles. The van der Waals surface area contributed by atoms with Crippen molar-refractivity contribution in [2.45, 2.75) is 32.2 Å². The molecule has 27 heavy (non-hydrogen) atoms. The van der Waals surface area contributed by atoms with E-state index in [4.69, 9.17) is 4.98 Å². The van der Waals surface area contributed by atoms with Gasteiger partial charge in [-0.2, -0.15) is 0 Å². The maximum absolute atomic E-state index is 4.84.